The van der Waals surface area contributed by atoms with Crippen LogP contribution in [-0.2, 0) is 14.4 Å². The van der Waals surface area contributed by atoms with Crippen LogP contribution in [0.3, 0.4) is 0 Å². The van der Waals surface area contributed by atoms with Gasteiger partial charge < -0.3 is 72.3 Å². The number of rotatable bonds is 111. The van der Waals surface area contributed by atoms with Gasteiger partial charge in [-0.2, -0.15) is 0 Å². The summed E-state index contributed by atoms with van der Waals surface area (Å²) in [6.45, 7) is 35.6. The number of nitrogens with two attached hydrogens (primary N) is 1. The van der Waals surface area contributed by atoms with Crippen LogP contribution in [0.25, 0.3) is 0 Å². The quantitative estimate of drug-likeness (QED) is 0.0256. The van der Waals surface area contributed by atoms with Crippen LogP contribution in [0.15, 0.2) is 0 Å². The van der Waals surface area contributed by atoms with E-state index in [9.17, 15) is 34.8 Å². The third-order valence-electron chi connectivity index (χ3n) is 27.4. The van der Waals surface area contributed by atoms with Crippen LogP contribution >= 0.6 is 0 Å². The summed E-state index contributed by atoms with van der Waals surface area (Å²) in [4.78, 5) is 47.2. The number of nitrogens with zero attached hydrogens (tertiary/aromatic N) is 4. The number of aliphatic hydroxyl groups excluding tert-OH is 4. The average Bonchev–Trinajstić information content (AvgIpc) is 0.949. The Labute approximate surface area is 831 Å². The van der Waals surface area contributed by atoms with Crippen molar-refractivity contribution in [2.75, 3.05) is 131 Å². The van der Waals surface area contributed by atoms with Gasteiger partial charge in [0, 0.05) is 97.8 Å². The van der Waals surface area contributed by atoms with E-state index >= 15 is 0 Å². The molecule has 0 bridgehead atoms. The maximum absolute atomic E-state index is 12.4. The van der Waals surface area contributed by atoms with E-state index < -0.39 is 18.3 Å². The van der Waals surface area contributed by atoms with Gasteiger partial charge in [0.1, 0.15) is 0 Å². The molecule has 0 saturated carbocycles. The minimum atomic E-state index is -0.465. The predicted octanol–water partition coefficient (Wildman–Crippen LogP) is 28.5. The zero-order chi connectivity index (χ0) is 97.6. The zero-order valence-corrected chi connectivity index (χ0v) is 91.4. The molecule has 11 N–H and O–H groups in total. The second-order valence-electron chi connectivity index (χ2n) is 40.9. The van der Waals surface area contributed by atoms with Gasteiger partial charge in [-0.15, -0.1) is 0 Å². The summed E-state index contributed by atoms with van der Waals surface area (Å²) < 4.78 is 0. The van der Waals surface area contributed by atoms with Crippen LogP contribution < -0.4 is 32.3 Å². The van der Waals surface area contributed by atoms with Gasteiger partial charge in [0.05, 0.1) is 24.4 Å². The largest absolute Gasteiger partial charge is 0.392 e. The lowest BCUT2D eigenvalue weighted by molar-refractivity contribution is -0.122. The molecule has 798 valence electrons. The summed E-state index contributed by atoms with van der Waals surface area (Å²) in [5.41, 5.74) is 5.83. The third-order valence-corrected chi connectivity index (χ3v) is 27.4. The monoisotopic (exact) mass is 1890 g/mol. The highest BCUT2D eigenvalue weighted by Crippen LogP contribution is 2.21. The van der Waals surface area contributed by atoms with Gasteiger partial charge in [0.25, 0.3) is 0 Å². The van der Waals surface area contributed by atoms with Gasteiger partial charge in [-0.3, -0.25) is 14.4 Å². The zero-order valence-electron chi connectivity index (χ0n) is 91.4. The molecule has 4 unspecified atom stereocenters. The standard InChI is InChI=1S/C61H125N5O4.C53H111N5O3.C2H6/c1-5-9-13-17-21-23-25-27-29-31-35-41-51-65(56-58(67)45-37-38-46-60(69)63-48-39-33-19-15-11-7-3)53-43-44-54-66(52-42-36-32-30-28-26-24-22-18-14-10-6-2)57-59(68)55-62-50-47-61(70)64-49-40-34-20-16-12-8-4;1-4-7-10-13-16-19-22-24-27-30-33-36-43-57(49-51(59)47-54)45-38-39-46-58(44-37-34-31-28-25-23-20-17-14-11-8-5-2)50-52(60)48-55-42-40-53(61)56-41-35-32-29-26-21-18-15-12-9-6-3;1-2/h58-59,62,67-68H,5-57H2,1-4H3,(H,63,69)(H,64,70);51-52,55,59-60H,4-50,54H2,1-3H3,(H,56,61);1-2H3. The fraction of sp³-hybridized carbons (Fsp3) is 0.974. The van der Waals surface area contributed by atoms with Crippen molar-refractivity contribution in [1.29, 1.82) is 0 Å². The lowest BCUT2D eigenvalue weighted by Gasteiger charge is -2.27. The van der Waals surface area contributed by atoms with Crippen molar-refractivity contribution in [1.82, 2.24) is 46.2 Å². The van der Waals surface area contributed by atoms with Crippen molar-refractivity contribution in [2.45, 2.75) is 600 Å². The fourth-order valence-electron chi connectivity index (χ4n) is 18.7. The Balaban J connectivity index is -0.00000252. The minimum absolute atomic E-state index is 0.0999. The fourth-order valence-corrected chi connectivity index (χ4v) is 18.7. The first-order valence-corrected chi connectivity index (χ1v) is 59.8. The second kappa shape index (κ2) is 117. The summed E-state index contributed by atoms with van der Waals surface area (Å²) in [6.07, 6.45) is 99.1. The Morgan fingerprint density at radius 3 is 0.594 bits per heavy atom. The van der Waals surface area contributed by atoms with Crippen LogP contribution in [0.2, 0.25) is 0 Å². The van der Waals surface area contributed by atoms with E-state index in [-0.39, 0.29) is 23.8 Å². The number of hydrogen-bond donors (Lipinski definition) is 10. The van der Waals surface area contributed by atoms with Crippen molar-refractivity contribution in [2.24, 2.45) is 5.73 Å². The van der Waals surface area contributed by atoms with Crippen molar-refractivity contribution < 1.29 is 34.8 Å². The molecule has 0 spiro atoms. The van der Waals surface area contributed by atoms with Crippen LogP contribution in [0, 0.1) is 0 Å². The van der Waals surface area contributed by atoms with Crippen LogP contribution in [0.5, 0.6) is 0 Å². The van der Waals surface area contributed by atoms with Gasteiger partial charge >= 0.3 is 0 Å². The van der Waals surface area contributed by atoms with Crippen molar-refractivity contribution >= 4 is 17.7 Å². The first-order valence-electron chi connectivity index (χ1n) is 59.8. The molecule has 0 aliphatic carbocycles. The highest BCUT2D eigenvalue weighted by molar-refractivity contribution is 5.76. The molecule has 0 aromatic carbocycles. The molecule has 4 atom stereocenters. The summed E-state index contributed by atoms with van der Waals surface area (Å²) in [5.74, 6) is 0.368. The number of carbonyl (C=O) groups is 3. The normalized spacial score (nSPS) is 12.6. The van der Waals surface area contributed by atoms with Gasteiger partial charge in [0.15, 0.2) is 0 Å². The van der Waals surface area contributed by atoms with Crippen molar-refractivity contribution in [3.63, 3.8) is 0 Å². The maximum Gasteiger partial charge on any atom is 0.221 e. The number of hydrogen-bond acceptors (Lipinski definition) is 14. The molecule has 0 saturated heterocycles. The Bertz CT molecular complexity index is 2110. The molecule has 3 amide bonds. The topological polar surface area (TPSA) is 231 Å². The van der Waals surface area contributed by atoms with E-state index in [2.05, 4.69) is 94.6 Å². The molecule has 0 aliphatic heterocycles. The number of carbonyl (C=O) groups excluding carboxylic acids is 3. The Morgan fingerprint density at radius 2 is 0.383 bits per heavy atom. The molecule has 0 aromatic rings. The molecule has 0 fully saturated rings. The highest BCUT2D eigenvalue weighted by Gasteiger charge is 2.19. The summed E-state index contributed by atoms with van der Waals surface area (Å²) in [6, 6.07) is 0. The first kappa shape index (κ1) is 135. The molecule has 0 radical (unpaired) electrons. The van der Waals surface area contributed by atoms with E-state index in [1.54, 1.807) is 0 Å². The highest BCUT2D eigenvalue weighted by atomic mass is 16.3. The van der Waals surface area contributed by atoms with E-state index in [0.717, 1.165) is 136 Å². The second-order valence-corrected chi connectivity index (χ2v) is 40.9. The molecule has 0 heterocycles. The first-order chi connectivity index (χ1) is 65.3. The van der Waals surface area contributed by atoms with E-state index in [0.29, 0.717) is 78.2 Å². The summed E-state index contributed by atoms with van der Waals surface area (Å²) >= 11 is 0. The SMILES string of the molecule is CC.CCCCCCCCCCCCCCN(CCCCN(CCCCCCCCCCCCCC)CC(O)CNCCC(=O)NCCCCCCCC)CC(O)CCCCC(=O)NCCCCCCCC.CCCCCCCCCCCCCCN(CCCCN(CCCCCCCCCCCCCC)CC(O)CNCCC(=O)NCCCCCCCCCCCC)CC(O)CN. The molecule has 133 heavy (non-hydrogen) atoms. The van der Waals surface area contributed by atoms with Crippen molar-refractivity contribution in [3.05, 3.63) is 0 Å². The van der Waals surface area contributed by atoms with Crippen LogP contribution in [-0.4, -0.2) is 213 Å². The molecular formula is C116H242N10O7. The maximum atomic E-state index is 12.4. The molecule has 17 nitrogen and oxygen atoms in total. The molecule has 0 aromatic heterocycles. The van der Waals surface area contributed by atoms with Gasteiger partial charge in [-0.25, -0.2) is 0 Å². The Kier molecular flexibility index (Phi) is 119. The van der Waals surface area contributed by atoms with Crippen molar-refractivity contribution in [3.8, 4) is 0 Å². The number of unbranched alkanes of at least 4 members (excludes halogenated alkanes) is 66. The average molecular weight is 1890 g/mol. The summed E-state index contributed by atoms with van der Waals surface area (Å²) in [7, 11) is 0. The molecule has 17 heteroatoms. The van der Waals surface area contributed by atoms with E-state index in [1.165, 1.54) is 430 Å². The van der Waals surface area contributed by atoms with Gasteiger partial charge in [-0.05, 0) is 136 Å². The van der Waals surface area contributed by atoms with Crippen LogP contribution in [0.4, 0.5) is 0 Å². The Hall–Kier alpha value is -2.03. The minimum Gasteiger partial charge on any atom is -0.392 e. The van der Waals surface area contributed by atoms with E-state index in [4.69, 9.17) is 5.73 Å². The lowest BCUT2D eigenvalue weighted by Crippen LogP contribution is -2.40. The summed E-state index contributed by atoms with van der Waals surface area (Å²) in [5, 5.41) is 59.8. The third kappa shape index (κ3) is 112. The predicted molar refractivity (Wildman–Crippen MR) is 584 cm³/mol. The van der Waals surface area contributed by atoms with Gasteiger partial charge in [0.2, 0.25) is 17.7 Å². The molecular weight excluding hydrogens is 1650 g/mol. The van der Waals surface area contributed by atoms with Crippen LogP contribution in [0.1, 0.15) is 576 Å². The number of aliphatic hydroxyl groups is 4. The number of amides is 3. The van der Waals surface area contributed by atoms with E-state index in [1.807, 2.05) is 13.8 Å². The number of nitrogens with one attached hydrogen (secondary N) is 5. The molecule has 0 rings (SSSR count). The lowest BCUT2D eigenvalue weighted by atomic mass is 10.0. The van der Waals surface area contributed by atoms with Gasteiger partial charge in [-0.1, -0.05) is 473 Å². The Morgan fingerprint density at radius 1 is 0.211 bits per heavy atom. The molecule has 0 aliphatic rings. The smallest absolute Gasteiger partial charge is 0.221 e.